The fraction of sp³-hybridized carbons (Fsp3) is 0. The van der Waals surface area contributed by atoms with E-state index in [9.17, 15) is 0 Å². The maximum atomic E-state index is 6.31. The van der Waals surface area contributed by atoms with E-state index in [4.69, 9.17) is 81.2 Å². The topological polar surface area (TPSA) is 12.9 Å². The third-order valence-corrected chi connectivity index (χ3v) is 5.97. The van der Waals surface area contributed by atoms with Crippen molar-refractivity contribution in [3.8, 4) is 22.5 Å². The van der Waals surface area contributed by atoms with Gasteiger partial charge in [0.2, 0.25) is 0 Å². The van der Waals surface area contributed by atoms with Crippen molar-refractivity contribution in [2.75, 3.05) is 0 Å². The molecule has 8 heteroatoms. The zero-order valence-corrected chi connectivity index (χ0v) is 17.3. The third kappa shape index (κ3) is 3.70. The van der Waals surface area contributed by atoms with E-state index >= 15 is 0 Å². The zero-order valence-electron chi connectivity index (χ0n) is 12.1. The van der Waals surface area contributed by atoms with Gasteiger partial charge in [0.1, 0.15) is 0 Å². The van der Waals surface area contributed by atoms with Crippen molar-refractivity contribution >= 4 is 81.2 Å². The van der Waals surface area contributed by atoms with Gasteiger partial charge in [-0.1, -0.05) is 81.2 Å². The normalized spacial score (nSPS) is 11.0. The summed E-state index contributed by atoms with van der Waals surface area (Å²) in [5, 5.41) is 2.36. The summed E-state index contributed by atoms with van der Waals surface area (Å²) in [5.41, 5.74) is 1.76. The summed E-state index contributed by atoms with van der Waals surface area (Å²) in [4.78, 5) is 4.55. The van der Waals surface area contributed by atoms with Crippen molar-refractivity contribution in [2.24, 2.45) is 0 Å². The molecule has 0 atom stereocenters. The smallest absolute Gasteiger partial charge is 0.0926 e. The van der Waals surface area contributed by atoms with E-state index in [0.717, 1.165) is 0 Å². The summed E-state index contributed by atoms with van der Waals surface area (Å²) in [5.74, 6) is 0. The Morgan fingerprint density at radius 1 is 0.480 bits per heavy atom. The lowest BCUT2D eigenvalue weighted by Gasteiger charge is -2.13. The highest BCUT2D eigenvalue weighted by Gasteiger charge is 2.19. The minimum atomic E-state index is 0.254. The van der Waals surface area contributed by atoms with E-state index in [2.05, 4.69) is 4.98 Å². The molecular weight excluding hydrogens is 466 g/mol. The molecule has 0 bridgehead atoms. The van der Waals surface area contributed by atoms with Crippen LogP contribution in [0.15, 0.2) is 36.4 Å². The van der Waals surface area contributed by atoms with Crippen LogP contribution in [0, 0.1) is 0 Å². The highest BCUT2D eigenvalue weighted by molar-refractivity contribution is 6.47. The molecular formula is C17H6Cl7N. The minimum Gasteiger partial charge on any atom is -0.246 e. The first kappa shape index (κ1) is 19.4. The number of nitrogens with zero attached hydrogens (tertiary/aromatic N) is 1. The predicted molar refractivity (Wildman–Crippen MR) is 110 cm³/mol. The van der Waals surface area contributed by atoms with Crippen LogP contribution < -0.4 is 0 Å². The van der Waals surface area contributed by atoms with Crippen molar-refractivity contribution < 1.29 is 0 Å². The van der Waals surface area contributed by atoms with Gasteiger partial charge in [-0.05, 0) is 36.4 Å². The lowest BCUT2D eigenvalue weighted by atomic mass is 10.1. The lowest BCUT2D eigenvalue weighted by molar-refractivity contribution is 1.32. The maximum absolute atomic E-state index is 6.31. The minimum absolute atomic E-state index is 0.254. The second-order valence-electron chi connectivity index (χ2n) is 4.96. The van der Waals surface area contributed by atoms with Crippen LogP contribution in [-0.2, 0) is 0 Å². The Kier molecular flexibility index (Phi) is 5.97. The van der Waals surface area contributed by atoms with Crippen LogP contribution in [0.1, 0.15) is 0 Å². The predicted octanol–water partition coefficient (Wildman–Crippen LogP) is 8.99. The molecule has 25 heavy (non-hydrogen) atoms. The third-order valence-electron chi connectivity index (χ3n) is 3.43. The lowest BCUT2D eigenvalue weighted by Crippen LogP contribution is -1.93. The second-order valence-corrected chi connectivity index (χ2v) is 7.76. The fourth-order valence-electron chi connectivity index (χ4n) is 2.26. The summed E-state index contributed by atoms with van der Waals surface area (Å²) in [6.45, 7) is 0. The Hall–Kier alpha value is -0.380. The first-order valence-electron chi connectivity index (χ1n) is 6.75. The van der Waals surface area contributed by atoms with Crippen LogP contribution in [0.3, 0.4) is 0 Å². The number of aromatic nitrogens is 1. The van der Waals surface area contributed by atoms with Gasteiger partial charge in [-0.3, -0.25) is 0 Å². The van der Waals surface area contributed by atoms with Gasteiger partial charge in [-0.15, -0.1) is 0 Å². The van der Waals surface area contributed by atoms with Crippen molar-refractivity contribution in [1.82, 2.24) is 4.98 Å². The molecule has 2 aromatic carbocycles. The van der Waals surface area contributed by atoms with Crippen LogP contribution in [-0.4, -0.2) is 4.98 Å². The van der Waals surface area contributed by atoms with E-state index in [0.29, 0.717) is 52.7 Å². The second kappa shape index (κ2) is 7.70. The van der Waals surface area contributed by atoms with E-state index < -0.39 is 0 Å². The van der Waals surface area contributed by atoms with Gasteiger partial charge in [0.15, 0.2) is 0 Å². The molecule has 1 aromatic heterocycles. The van der Waals surface area contributed by atoms with Gasteiger partial charge in [0.25, 0.3) is 0 Å². The summed E-state index contributed by atoms with van der Waals surface area (Å²) in [6.07, 6.45) is 0. The zero-order chi connectivity index (χ0) is 18.3. The molecule has 0 saturated carbocycles. The Morgan fingerprint density at radius 3 is 1.52 bits per heavy atom. The Labute approximate surface area is 179 Å². The van der Waals surface area contributed by atoms with Crippen molar-refractivity contribution in [1.29, 1.82) is 0 Å². The van der Waals surface area contributed by atoms with Gasteiger partial charge in [-0.2, -0.15) is 0 Å². The first-order valence-corrected chi connectivity index (χ1v) is 9.40. The van der Waals surface area contributed by atoms with Crippen LogP contribution >= 0.6 is 81.2 Å². The van der Waals surface area contributed by atoms with Crippen LogP contribution in [0.25, 0.3) is 22.5 Å². The number of hydrogen-bond acceptors (Lipinski definition) is 1. The van der Waals surface area contributed by atoms with Crippen LogP contribution in [0.2, 0.25) is 35.2 Å². The monoisotopic (exact) mass is 469 g/mol. The van der Waals surface area contributed by atoms with Crippen molar-refractivity contribution in [2.45, 2.75) is 0 Å². The molecule has 3 aromatic rings. The highest BCUT2D eigenvalue weighted by Crippen LogP contribution is 2.43. The summed E-state index contributed by atoms with van der Waals surface area (Å²) in [6, 6.07) is 9.80. The van der Waals surface area contributed by atoms with Gasteiger partial charge in [0, 0.05) is 11.1 Å². The molecule has 0 amide bonds. The number of hydrogen-bond donors (Lipinski definition) is 0. The quantitative estimate of drug-likeness (QED) is 0.339. The molecule has 0 N–H and O–H groups in total. The number of rotatable bonds is 2. The van der Waals surface area contributed by atoms with Gasteiger partial charge < -0.3 is 0 Å². The van der Waals surface area contributed by atoms with E-state index in [1.165, 1.54) is 0 Å². The maximum Gasteiger partial charge on any atom is 0.0926 e. The molecule has 0 radical (unpaired) electrons. The molecule has 0 spiro atoms. The molecule has 0 unspecified atom stereocenters. The Morgan fingerprint density at radius 2 is 0.920 bits per heavy atom. The van der Waals surface area contributed by atoms with E-state index in [1.54, 1.807) is 36.4 Å². The summed E-state index contributed by atoms with van der Waals surface area (Å²) >= 11 is 43.6. The Balaban J connectivity index is 2.29. The summed E-state index contributed by atoms with van der Waals surface area (Å²) < 4.78 is 0. The Bertz CT molecular complexity index is 985. The van der Waals surface area contributed by atoms with Crippen LogP contribution in [0.4, 0.5) is 0 Å². The average Bonchev–Trinajstić information content (AvgIpc) is 2.57. The molecule has 0 aliphatic rings. The van der Waals surface area contributed by atoms with Gasteiger partial charge in [0.05, 0.1) is 46.5 Å². The molecule has 1 nitrogen and oxygen atoms in total. The average molecular weight is 472 g/mol. The molecule has 0 aliphatic heterocycles. The number of pyridine rings is 1. The van der Waals surface area contributed by atoms with Crippen molar-refractivity contribution in [3.63, 3.8) is 0 Å². The largest absolute Gasteiger partial charge is 0.246 e. The summed E-state index contributed by atoms with van der Waals surface area (Å²) in [7, 11) is 0. The molecule has 3 rings (SSSR count). The number of halogens is 7. The van der Waals surface area contributed by atoms with Gasteiger partial charge in [-0.25, -0.2) is 4.98 Å². The molecule has 128 valence electrons. The molecule has 0 saturated heterocycles. The first-order chi connectivity index (χ1) is 11.8. The highest BCUT2D eigenvalue weighted by atomic mass is 35.5. The fourth-order valence-corrected chi connectivity index (χ4v) is 3.89. The standard InChI is InChI=1S/C17H6Cl7N/c18-7-1-3-9(20)15(23)13(7)12-6-5-11(22)17(25-12)14-8(19)2-4-10(21)16(14)24/h1-6H. The molecule has 0 aliphatic carbocycles. The van der Waals surface area contributed by atoms with E-state index in [1.807, 2.05) is 0 Å². The van der Waals surface area contributed by atoms with E-state index in [-0.39, 0.29) is 5.02 Å². The van der Waals surface area contributed by atoms with Crippen LogP contribution in [0.5, 0.6) is 0 Å². The SMILES string of the molecule is Clc1ccc(-c2c(Cl)ccc(Cl)c2Cl)nc1-c1c(Cl)ccc(Cl)c1Cl. The van der Waals surface area contributed by atoms with Gasteiger partial charge >= 0.3 is 0 Å². The van der Waals surface area contributed by atoms with Crippen molar-refractivity contribution in [3.05, 3.63) is 71.6 Å². The molecule has 0 fully saturated rings. The molecule has 1 heterocycles. The number of benzene rings is 2.